The van der Waals surface area contributed by atoms with Gasteiger partial charge in [0.25, 0.3) is 0 Å². The second kappa shape index (κ2) is 18.4. The summed E-state index contributed by atoms with van der Waals surface area (Å²) in [6.45, 7) is 0. The van der Waals surface area contributed by atoms with Gasteiger partial charge in [0.05, 0.1) is 19.6 Å². The Morgan fingerprint density at radius 1 is 0.423 bits per heavy atom. The Balaban J connectivity index is 0.748. The summed E-state index contributed by atoms with van der Waals surface area (Å²) in [6.07, 6.45) is 9.75. The molecule has 71 heavy (non-hydrogen) atoms. The van der Waals surface area contributed by atoms with Crippen molar-refractivity contribution < 1.29 is 33.8 Å². The highest BCUT2D eigenvalue weighted by Crippen LogP contribution is 2.65. The van der Waals surface area contributed by atoms with E-state index in [2.05, 4.69) is 109 Å². The van der Waals surface area contributed by atoms with Gasteiger partial charge in [-0.15, -0.1) is 0 Å². The quantitative estimate of drug-likeness (QED) is 0.0439. The molecule has 8 aromatic rings. The van der Waals surface area contributed by atoms with E-state index >= 15 is 0 Å². The molecule has 5 aliphatic rings. The second-order valence-corrected chi connectivity index (χ2v) is 19.6. The van der Waals surface area contributed by atoms with E-state index in [1.54, 1.807) is 50.6 Å². The molecule has 0 aliphatic heterocycles. The lowest BCUT2D eigenvalue weighted by Crippen LogP contribution is -2.56. The van der Waals surface area contributed by atoms with Crippen molar-refractivity contribution in [1.29, 1.82) is 0 Å². The average molecular weight is 935 g/mol. The molecule has 0 heterocycles. The summed E-state index contributed by atoms with van der Waals surface area (Å²) in [4.78, 5) is 36.4. The second-order valence-electron chi connectivity index (χ2n) is 19.6. The molecule has 8 aromatic carbocycles. The van der Waals surface area contributed by atoms with Crippen molar-refractivity contribution in [3.8, 4) is 45.6 Å². The first-order valence-electron chi connectivity index (χ1n) is 24.7. The Kier molecular flexibility index (Phi) is 11.4. The van der Waals surface area contributed by atoms with Gasteiger partial charge in [-0.05, 0) is 197 Å². The molecule has 13 rings (SSSR count). The van der Waals surface area contributed by atoms with E-state index in [1.165, 1.54) is 71.0 Å². The van der Waals surface area contributed by atoms with Gasteiger partial charge in [-0.1, -0.05) is 115 Å². The lowest BCUT2D eigenvalue weighted by atomic mass is 9.42. The predicted octanol–water partition coefficient (Wildman–Crippen LogP) is 14.5. The van der Waals surface area contributed by atoms with E-state index in [1.807, 2.05) is 60.7 Å². The zero-order chi connectivity index (χ0) is 47.9. The predicted molar refractivity (Wildman–Crippen MR) is 276 cm³/mol. The minimum absolute atomic E-state index is 0.0807. The highest BCUT2D eigenvalue weighted by atomic mass is 17.2. The summed E-state index contributed by atoms with van der Waals surface area (Å²) in [5, 5.41) is 0. The van der Waals surface area contributed by atoms with Crippen molar-refractivity contribution in [3.05, 3.63) is 245 Å². The third-order valence-electron chi connectivity index (χ3n) is 16.0. The fourth-order valence-electron chi connectivity index (χ4n) is 13.1. The van der Waals surface area contributed by atoms with Crippen molar-refractivity contribution in [2.24, 2.45) is 23.7 Å². The SMILES string of the molecule is COc1ccc(C(=O)C=Cc2ccc(OOc3ccc(C4(c5ccc(OOc6ccc(C7(c8ccc(OC)cc8)c8ccccc8-c8ccccc87)cc6)cc5)C5CC6CC(C5)CC4C6)cc3)cc2)cc1. The number of carbonyl (C=O) groups is 1. The molecular weight excluding hydrogens is 881 g/mol. The van der Waals surface area contributed by atoms with Crippen LogP contribution in [0.3, 0.4) is 0 Å². The van der Waals surface area contributed by atoms with Crippen LogP contribution in [0.4, 0.5) is 0 Å². The Labute approximate surface area is 415 Å². The summed E-state index contributed by atoms with van der Waals surface area (Å²) >= 11 is 0. The first kappa shape index (κ1) is 44.2. The molecule has 0 N–H and O–H groups in total. The number of methoxy groups -OCH3 is 2. The Morgan fingerprint density at radius 3 is 1.21 bits per heavy atom. The molecule has 7 nitrogen and oxygen atoms in total. The summed E-state index contributed by atoms with van der Waals surface area (Å²) in [7, 11) is 3.31. The maximum atomic E-state index is 12.7. The number of hydrogen-bond acceptors (Lipinski definition) is 7. The van der Waals surface area contributed by atoms with Crippen molar-refractivity contribution >= 4 is 11.9 Å². The maximum absolute atomic E-state index is 12.7. The molecule has 352 valence electrons. The van der Waals surface area contributed by atoms with Gasteiger partial charge >= 0.3 is 0 Å². The minimum Gasteiger partial charge on any atom is -0.497 e. The standard InChI is InChI=1S/C64H54O7/c1-66-52-26-14-45(15-27-52)62(65)36-13-42-11-24-54(25-12-42)68-69-55-30-18-46(19-31-55)63(50-38-43-37-44(40-50)41-51(63)39-43)47-20-32-56(33-21-47)70-71-57-34-22-49(23-35-57)64(48-16-28-53(67-2)29-17-48)60-9-5-3-7-58(60)59-8-4-6-10-61(59)64/h3-36,43-44,50-51H,37-41H2,1-2H3. The number of hydrogen-bond donors (Lipinski definition) is 0. The van der Waals surface area contributed by atoms with Crippen LogP contribution in [0.25, 0.3) is 17.2 Å². The van der Waals surface area contributed by atoms with Crippen LogP contribution in [0, 0.1) is 23.7 Å². The molecule has 4 bridgehead atoms. The normalized spacial score (nSPS) is 21.0. The van der Waals surface area contributed by atoms with E-state index in [0.717, 1.165) is 28.7 Å². The number of ether oxygens (including phenoxy) is 2. The monoisotopic (exact) mass is 934 g/mol. The molecule has 4 saturated carbocycles. The van der Waals surface area contributed by atoms with Crippen LogP contribution < -0.4 is 29.0 Å². The maximum Gasteiger partial charge on any atom is 0.185 e. The number of fused-ring (bicyclic) bond motifs is 3. The van der Waals surface area contributed by atoms with Gasteiger partial charge in [-0.25, -0.2) is 0 Å². The molecule has 0 radical (unpaired) electrons. The Hall–Kier alpha value is -8.03. The number of carbonyl (C=O) groups excluding carboxylic acids is 1. The highest BCUT2D eigenvalue weighted by molar-refractivity contribution is 6.06. The van der Waals surface area contributed by atoms with Gasteiger partial charge in [0.1, 0.15) is 11.5 Å². The van der Waals surface area contributed by atoms with E-state index in [9.17, 15) is 4.79 Å². The average Bonchev–Trinajstić information content (AvgIpc) is 3.73. The molecule has 0 aromatic heterocycles. The zero-order valence-corrected chi connectivity index (χ0v) is 39.8. The molecule has 5 aliphatic carbocycles. The van der Waals surface area contributed by atoms with Gasteiger partial charge in [-0.3, -0.25) is 24.3 Å². The first-order valence-corrected chi connectivity index (χ1v) is 24.7. The van der Waals surface area contributed by atoms with E-state index < -0.39 is 5.41 Å². The van der Waals surface area contributed by atoms with Gasteiger partial charge < -0.3 is 9.47 Å². The van der Waals surface area contributed by atoms with Crippen LogP contribution in [0.1, 0.15) is 81.4 Å². The van der Waals surface area contributed by atoms with E-state index in [0.29, 0.717) is 46.1 Å². The van der Waals surface area contributed by atoms with Crippen LogP contribution in [0.2, 0.25) is 0 Å². The minimum atomic E-state index is -0.528. The van der Waals surface area contributed by atoms with Crippen molar-refractivity contribution in [3.63, 3.8) is 0 Å². The number of benzene rings is 8. The molecule has 4 fully saturated rings. The van der Waals surface area contributed by atoms with Crippen LogP contribution in [-0.4, -0.2) is 20.0 Å². The fraction of sp³-hybridized carbons (Fsp3) is 0.203. The lowest BCUT2D eigenvalue weighted by molar-refractivity contribution is -0.100. The Bertz CT molecular complexity index is 3140. The largest absolute Gasteiger partial charge is 0.497 e. The third kappa shape index (κ3) is 7.81. The third-order valence-corrected chi connectivity index (χ3v) is 16.0. The van der Waals surface area contributed by atoms with Crippen LogP contribution in [-0.2, 0) is 10.8 Å². The summed E-state index contributed by atoms with van der Waals surface area (Å²) < 4.78 is 10.8. The summed E-state index contributed by atoms with van der Waals surface area (Å²) in [6, 6.07) is 66.0. The van der Waals surface area contributed by atoms with Crippen LogP contribution in [0.5, 0.6) is 34.5 Å². The molecule has 0 unspecified atom stereocenters. The van der Waals surface area contributed by atoms with Crippen molar-refractivity contribution in [2.45, 2.75) is 42.9 Å². The highest BCUT2D eigenvalue weighted by Gasteiger charge is 2.58. The van der Waals surface area contributed by atoms with Gasteiger partial charge in [0, 0.05) is 11.0 Å². The van der Waals surface area contributed by atoms with Crippen molar-refractivity contribution in [1.82, 2.24) is 0 Å². The number of allylic oxidation sites excluding steroid dienone is 1. The van der Waals surface area contributed by atoms with Gasteiger partial charge in [0.2, 0.25) is 0 Å². The molecule has 0 spiro atoms. The fourth-order valence-corrected chi connectivity index (χ4v) is 13.1. The number of ketones is 1. The molecule has 0 amide bonds. The smallest absolute Gasteiger partial charge is 0.185 e. The van der Waals surface area contributed by atoms with E-state index in [-0.39, 0.29) is 11.2 Å². The van der Waals surface area contributed by atoms with Crippen LogP contribution in [0.15, 0.2) is 200 Å². The van der Waals surface area contributed by atoms with Gasteiger partial charge in [-0.2, -0.15) is 0 Å². The molecular formula is C64H54O7. The molecule has 0 atom stereocenters. The van der Waals surface area contributed by atoms with E-state index in [4.69, 9.17) is 29.0 Å². The first-order chi connectivity index (χ1) is 34.9. The van der Waals surface area contributed by atoms with Gasteiger partial charge in [0.15, 0.2) is 28.8 Å². The lowest BCUT2D eigenvalue weighted by Gasteiger charge is -2.62. The topological polar surface area (TPSA) is 72.5 Å². The Morgan fingerprint density at radius 2 is 0.789 bits per heavy atom. The van der Waals surface area contributed by atoms with Crippen molar-refractivity contribution in [2.75, 3.05) is 14.2 Å². The molecule has 7 heteroatoms. The number of rotatable bonds is 15. The zero-order valence-electron chi connectivity index (χ0n) is 39.8. The van der Waals surface area contributed by atoms with Crippen LogP contribution >= 0.6 is 0 Å². The summed E-state index contributed by atoms with van der Waals surface area (Å²) in [5.41, 5.74) is 10.8. The molecule has 0 saturated heterocycles. The summed E-state index contributed by atoms with van der Waals surface area (Å²) in [5.74, 6) is 6.65.